The molecule has 0 aromatic carbocycles. The van der Waals surface area contributed by atoms with E-state index in [2.05, 4.69) is 5.32 Å². The fourth-order valence-electron chi connectivity index (χ4n) is 3.00. The van der Waals surface area contributed by atoms with Crippen LogP contribution in [0.4, 0.5) is 0 Å². The number of carbonyl (C=O) groups is 3. The summed E-state index contributed by atoms with van der Waals surface area (Å²) < 4.78 is 0. The highest BCUT2D eigenvalue weighted by atomic mass is 16.5. The summed E-state index contributed by atoms with van der Waals surface area (Å²) in [4.78, 5) is 37.4. The van der Waals surface area contributed by atoms with Gasteiger partial charge in [-0.2, -0.15) is 0 Å². The lowest BCUT2D eigenvalue weighted by Crippen LogP contribution is -2.45. The Bertz CT molecular complexity index is 430. The first-order valence-corrected chi connectivity index (χ1v) is 8.64. The number of hydrogen-bond donors (Lipinski definition) is 4. The minimum absolute atomic E-state index is 0.0734. The lowest BCUT2D eigenvalue weighted by Gasteiger charge is -2.23. The van der Waals surface area contributed by atoms with Crippen LogP contribution >= 0.6 is 0 Å². The molecule has 1 aliphatic rings. The highest BCUT2D eigenvalue weighted by Gasteiger charge is 2.29. The van der Waals surface area contributed by atoms with Crippen molar-refractivity contribution >= 4 is 17.7 Å². The summed E-state index contributed by atoms with van der Waals surface area (Å²) in [5, 5.41) is 20.5. The van der Waals surface area contributed by atoms with Gasteiger partial charge in [0.25, 0.3) is 0 Å². The van der Waals surface area contributed by atoms with Gasteiger partial charge in [-0.3, -0.25) is 19.6 Å². The summed E-state index contributed by atoms with van der Waals surface area (Å²) in [7, 11) is 0. The third-order valence-electron chi connectivity index (χ3n) is 4.41. The van der Waals surface area contributed by atoms with Gasteiger partial charge in [-0.05, 0) is 19.3 Å². The molecule has 0 saturated carbocycles. The number of nitrogens with zero attached hydrogens (tertiary/aromatic N) is 1. The van der Waals surface area contributed by atoms with Crippen LogP contribution in [0.25, 0.3) is 0 Å². The van der Waals surface area contributed by atoms with Crippen molar-refractivity contribution in [2.45, 2.75) is 57.9 Å². The van der Waals surface area contributed by atoms with Crippen LogP contribution in [0.5, 0.6) is 0 Å². The predicted molar refractivity (Wildman–Crippen MR) is 87.0 cm³/mol. The summed E-state index contributed by atoms with van der Waals surface area (Å²) in [6.45, 7) is 2.42. The highest BCUT2D eigenvalue weighted by molar-refractivity contribution is 5.88. The minimum atomic E-state index is -0.613. The van der Waals surface area contributed by atoms with Crippen molar-refractivity contribution in [3.63, 3.8) is 0 Å². The molecule has 4 N–H and O–H groups in total. The molecule has 1 heterocycles. The average Bonchev–Trinajstić information content (AvgIpc) is 3.07. The van der Waals surface area contributed by atoms with Gasteiger partial charge in [0.05, 0.1) is 19.2 Å². The van der Waals surface area contributed by atoms with Crippen LogP contribution in [-0.2, 0) is 14.4 Å². The number of carbonyl (C=O) groups excluding carboxylic acids is 3. The van der Waals surface area contributed by atoms with Gasteiger partial charge in [0.1, 0.15) is 0 Å². The van der Waals surface area contributed by atoms with E-state index in [-0.39, 0.29) is 37.4 Å². The van der Waals surface area contributed by atoms with Crippen molar-refractivity contribution in [3.05, 3.63) is 0 Å². The lowest BCUT2D eigenvalue weighted by molar-refractivity contribution is -0.137. The van der Waals surface area contributed by atoms with Crippen molar-refractivity contribution in [3.8, 4) is 0 Å². The smallest absolute Gasteiger partial charge is 0.244 e. The molecule has 138 valence electrons. The Morgan fingerprint density at radius 2 is 2.04 bits per heavy atom. The fraction of sp³-hybridized carbons (Fsp3) is 0.812. The molecular weight excluding hydrogens is 314 g/mol. The second-order valence-electron chi connectivity index (χ2n) is 6.22. The quantitative estimate of drug-likeness (QED) is 0.256. The van der Waals surface area contributed by atoms with E-state index in [0.717, 1.165) is 32.1 Å². The molecule has 1 saturated heterocycles. The van der Waals surface area contributed by atoms with Crippen molar-refractivity contribution < 1.29 is 24.7 Å². The van der Waals surface area contributed by atoms with Gasteiger partial charge in [0.2, 0.25) is 17.7 Å². The van der Waals surface area contributed by atoms with Gasteiger partial charge in [-0.1, -0.05) is 26.2 Å². The summed E-state index contributed by atoms with van der Waals surface area (Å²) >= 11 is 0. The molecule has 1 fully saturated rings. The number of likely N-dealkylation sites (tertiary alicyclic amines) is 1. The molecular formula is C16H29N3O5. The summed E-state index contributed by atoms with van der Waals surface area (Å²) in [6, 6.07) is -0.171. The van der Waals surface area contributed by atoms with Crippen molar-refractivity contribution in [1.29, 1.82) is 0 Å². The Labute approximate surface area is 142 Å². The maximum atomic E-state index is 12.3. The molecule has 2 atom stereocenters. The summed E-state index contributed by atoms with van der Waals surface area (Å²) in [5.74, 6) is -1.76. The molecule has 0 aliphatic carbocycles. The number of amides is 3. The molecule has 0 aromatic heterocycles. The van der Waals surface area contributed by atoms with E-state index in [1.807, 2.05) is 6.92 Å². The zero-order chi connectivity index (χ0) is 17.9. The van der Waals surface area contributed by atoms with Crippen LogP contribution in [0.1, 0.15) is 51.9 Å². The first-order valence-electron chi connectivity index (χ1n) is 8.64. The zero-order valence-electron chi connectivity index (χ0n) is 14.3. The van der Waals surface area contributed by atoms with Crippen LogP contribution in [0.15, 0.2) is 0 Å². The van der Waals surface area contributed by atoms with Crippen LogP contribution in [0.3, 0.4) is 0 Å². The molecule has 0 radical (unpaired) electrons. The normalized spacial score (nSPS) is 18.3. The number of aliphatic hydroxyl groups is 1. The molecule has 0 aromatic rings. The van der Waals surface area contributed by atoms with Crippen molar-refractivity contribution in [2.75, 3.05) is 19.7 Å². The zero-order valence-corrected chi connectivity index (χ0v) is 14.3. The maximum Gasteiger partial charge on any atom is 0.244 e. The van der Waals surface area contributed by atoms with Crippen LogP contribution in [0.2, 0.25) is 0 Å². The van der Waals surface area contributed by atoms with Crippen LogP contribution in [0, 0.1) is 5.92 Å². The molecule has 0 unspecified atom stereocenters. The van der Waals surface area contributed by atoms with Crippen LogP contribution < -0.4 is 10.8 Å². The van der Waals surface area contributed by atoms with E-state index >= 15 is 0 Å². The largest absolute Gasteiger partial charge is 0.394 e. The molecule has 1 aliphatic heterocycles. The number of nitrogens with one attached hydrogen (secondary N) is 2. The van der Waals surface area contributed by atoms with Crippen molar-refractivity contribution in [2.24, 2.45) is 5.92 Å². The molecule has 3 amide bonds. The SMILES string of the molecule is CCCCC[C@H](CC(=O)NO)C(=O)NCC(=O)N1CCC[C@H]1CO. The van der Waals surface area contributed by atoms with Gasteiger partial charge < -0.3 is 15.3 Å². The summed E-state index contributed by atoms with van der Waals surface area (Å²) in [5.41, 5.74) is 1.54. The fourth-order valence-corrected chi connectivity index (χ4v) is 3.00. The van der Waals surface area contributed by atoms with Crippen molar-refractivity contribution in [1.82, 2.24) is 15.7 Å². The van der Waals surface area contributed by atoms with E-state index in [4.69, 9.17) is 5.21 Å². The highest BCUT2D eigenvalue weighted by Crippen LogP contribution is 2.17. The number of unbranched alkanes of at least 4 members (excludes halogenated alkanes) is 2. The van der Waals surface area contributed by atoms with Gasteiger partial charge in [-0.25, -0.2) is 5.48 Å². The Morgan fingerprint density at radius 3 is 2.67 bits per heavy atom. The lowest BCUT2D eigenvalue weighted by atomic mass is 9.96. The third-order valence-corrected chi connectivity index (χ3v) is 4.41. The van der Waals surface area contributed by atoms with Gasteiger partial charge in [0, 0.05) is 18.9 Å². The molecule has 0 spiro atoms. The first kappa shape index (κ1) is 20.4. The summed E-state index contributed by atoms with van der Waals surface area (Å²) in [6.07, 6.45) is 4.80. The van der Waals surface area contributed by atoms with E-state index in [0.29, 0.717) is 13.0 Å². The van der Waals surface area contributed by atoms with Crippen LogP contribution in [-0.4, -0.2) is 58.7 Å². The predicted octanol–water partition coefficient (Wildman–Crippen LogP) is 0.178. The third kappa shape index (κ3) is 6.45. The Kier molecular flexibility index (Phi) is 9.33. The van der Waals surface area contributed by atoms with E-state index < -0.39 is 11.8 Å². The van der Waals surface area contributed by atoms with Gasteiger partial charge in [0.15, 0.2) is 0 Å². The second kappa shape index (κ2) is 11.0. The van der Waals surface area contributed by atoms with E-state index in [1.54, 1.807) is 10.4 Å². The molecule has 8 nitrogen and oxygen atoms in total. The Morgan fingerprint density at radius 1 is 1.29 bits per heavy atom. The Hall–Kier alpha value is -1.67. The maximum absolute atomic E-state index is 12.3. The number of aliphatic hydroxyl groups excluding tert-OH is 1. The van der Waals surface area contributed by atoms with Gasteiger partial charge in [-0.15, -0.1) is 0 Å². The topological polar surface area (TPSA) is 119 Å². The monoisotopic (exact) mass is 343 g/mol. The standard InChI is InChI=1S/C16H29N3O5/c1-2-3-4-6-12(9-14(21)18-24)16(23)17-10-15(22)19-8-5-7-13(19)11-20/h12-13,20,24H,2-11H2,1H3,(H,17,23)(H,18,21)/t12-,13+/m1/s1. The van der Waals surface area contributed by atoms with E-state index in [1.165, 1.54) is 0 Å². The average molecular weight is 343 g/mol. The van der Waals surface area contributed by atoms with Gasteiger partial charge >= 0.3 is 0 Å². The molecule has 1 rings (SSSR count). The minimum Gasteiger partial charge on any atom is -0.394 e. The number of rotatable bonds is 10. The number of hydroxylamine groups is 1. The first-order chi connectivity index (χ1) is 11.5. The van der Waals surface area contributed by atoms with E-state index in [9.17, 15) is 19.5 Å². The Balaban J connectivity index is 2.50. The second-order valence-corrected chi connectivity index (χ2v) is 6.22. The molecule has 8 heteroatoms. The molecule has 24 heavy (non-hydrogen) atoms. The molecule has 0 bridgehead atoms. The number of hydrogen-bond acceptors (Lipinski definition) is 5.